The van der Waals surface area contributed by atoms with Gasteiger partial charge < -0.3 is 15.0 Å². The number of carbonyl (C=O) groups excluding carboxylic acids is 1. The predicted molar refractivity (Wildman–Crippen MR) is 89.0 cm³/mol. The highest BCUT2D eigenvalue weighted by molar-refractivity contribution is 6.06. The maximum Gasteiger partial charge on any atom is 0.254 e. The summed E-state index contributed by atoms with van der Waals surface area (Å²) in [6.45, 7) is 3.22. The molecule has 1 aromatic carbocycles. The highest BCUT2D eigenvalue weighted by Crippen LogP contribution is 2.40. The number of rotatable bonds is 3. The molecule has 1 aliphatic heterocycles. The lowest BCUT2D eigenvalue weighted by molar-refractivity contribution is 0.0737. The number of piperazine rings is 1. The fraction of sp³-hybridized carbons (Fsp3) is 0.444. The maximum absolute atomic E-state index is 13.0. The van der Waals surface area contributed by atoms with Crippen LogP contribution in [0.1, 0.15) is 34.8 Å². The Bertz CT molecular complexity index is 749. The zero-order chi connectivity index (χ0) is 15.8. The number of hydrogen-bond donors (Lipinski definition) is 1. The fourth-order valence-electron chi connectivity index (χ4n) is 3.16. The summed E-state index contributed by atoms with van der Waals surface area (Å²) in [5, 5.41) is 4.18. The molecule has 23 heavy (non-hydrogen) atoms. The van der Waals surface area contributed by atoms with Gasteiger partial charge in [0.2, 0.25) is 0 Å². The van der Waals surface area contributed by atoms with E-state index >= 15 is 0 Å². The monoisotopic (exact) mass is 311 g/mol. The van der Waals surface area contributed by atoms with E-state index in [0.29, 0.717) is 5.92 Å². The molecule has 1 aliphatic carbocycles. The molecule has 0 bridgehead atoms. The summed E-state index contributed by atoms with van der Waals surface area (Å²) in [5.74, 6) is 1.39. The second-order valence-corrected chi connectivity index (χ2v) is 6.29. The van der Waals surface area contributed by atoms with Gasteiger partial charge in [0.15, 0.2) is 0 Å². The first kappa shape index (κ1) is 14.5. The smallest absolute Gasteiger partial charge is 0.254 e. The number of nitrogens with zero attached hydrogens (tertiary/aromatic N) is 2. The molecule has 1 N–H and O–H groups in total. The summed E-state index contributed by atoms with van der Waals surface area (Å²) < 4.78 is 5.33. The van der Waals surface area contributed by atoms with Crippen molar-refractivity contribution in [3.05, 3.63) is 35.5 Å². The molecule has 5 heteroatoms. The summed E-state index contributed by atoms with van der Waals surface area (Å²) in [6, 6.07) is 7.79. The van der Waals surface area contributed by atoms with Crippen molar-refractivity contribution in [1.29, 1.82) is 0 Å². The number of hydrogen-bond acceptors (Lipinski definition) is 4. The molecule has 4 rings (SSSR count). The van der Waals surface area contributed by atoms with E-state index in [0.717, 1.165) is 54.1 Å². The van der Waals surface area contributed by atoms with E-state index in [4.69, 9.17) is 9.72 Å². The molecule has 0 unspecified atom stereocenters. The van der Waals surface area contributed by atoms with Gasteiger partial charge in [-0.05, 0) is 37.1 Å². The Balaban J connectivity index is 1.82. The van der Waals surface area contributed by atoms with Crippen LogP contribution in [0.4, 0.5) is 0 Å². The van der Waals surface area contributed by atoms with Gasteiger partial charge >= 0.3 is 0 Å². The number of fused-ring (bicyclic) bond motifs is 1. The molecule has 1 saturated carbocycles. The zero-order valence-electron chi connectivity index (χ0n) is 13.3. The molecule has 120 valence electrons. The number of aromatic nitrogens is 1. The molecule has 1 saturated heterocycles. The van der Waals surface area contributed by atoms with Gasteiger partial charge in [0, 0.05) is 43.2 Å². The molecule has 2 aliphatic rings. The van der Waals surface area contributed by atoms with Crippen LogP contribution in [0.3, 0.4) is 0 Å². The van der Waals surface area contributed by atoms with Crippen LogP contribution in [-0.4, -0.2) is 49.1 Å². The van der Waals surface area contributed by atoms with Gasteiger partial charge in [-0.1, -0.05) is 0 Å². The van der Waals surface area contributed by atoms with Gasteiger partial charge in [0.05, 0.1) is 18.2 Å². The molecule has 0 radical (unpaired) electrons. The fourth-order valence-corrected chi connectivity index (χ4v) is 3.16. The Labute approximate surface area is 135 Å². The van der Waals surface area contributed by atoms with E-state index in [1.165, 1.54) is 12.8 Å². The first-order valence-corrected chi connectivity index (χ1v) is 8.25. The van der Waals surface area contributed by atoms with Gasteiger partial charge in [-0.25, -0.2) is 0 Å². The summed E-state index contributed by atoms with van der Waals surface area (Å²) in [6.07, 6.45) is 2.35. The van der Waals surface area contributed by atoms with Crippen LogP contribution in [0, 0.1) is 0 Å². The Hall–Kier alpha value is -2.14. The second-order valence-electron chi connectivity index (χ2n) is 6.29. The third-order valence-corrected chi connectivity index (χ3v) is 4.67. The molecule has 2 fully saturated rings. The van der Waals surface area contributed by atoms with Crippen molar-refractivity contribution in [3.63, 3.8) is 0 Å². The number of ether oxygens (including phenoxy) is 1. The minimum absolute atomic E-state index is 0.106. The summed E-state index contributed by atoms with van der Waals surface area (Å²) in [4.78, 5) is 19.7. The molecule has 1 aromatic heterocycles. The van der Waals surface area contributed by atoms with Gasteiger partial charge in [-0.3, -0.25) is 9.78 Å². The summed E-state index contributed by atoms with van der Waals surface area (Å²) >= 11 is 0. The van der Waals surface area contributed by atoms with Gasteiger partial charge in [0.25, 0.3) is 5.91 Å². The quantitative estimate of drug-likeness (QED) is 0.944. The molecule has 0 spiro atoms. The van der Waals surface area contributed by atoms with Crippen molar-refractivity contribution < 1.29 is 9.53 Å². The number of pyridine rings is 1. The molecule has 2 heterocycles. The van der Waals surface area contributed by atoms with E-state index in [9.17, 15) is 4.79 Å². The molecule has 0 atom stereocenters. The molecular formula is C18H21N3O2. The van der Waals surface area contributed by atoms with Crippen molar-refractivity contribution in [3.8, 4) is 5.75 Å². The van der Waals surface area contributed by atoms with E-state index in [1.54, 1.807) is 7.11 Å². The Kier molecular flexibility index (Phi) is 3.65. The zero-order valence-corrected chi connectivity index (χ0v) is 13.3. The SMILES string of the molecule is COc1ccc2nc(C3CC3)cc(C(=O)N3CCNCC3)c2c1. The third-order valence-electron chi connectivity index (χ3n) is 4.67. The first-order chi connectivity index (χ1) is 11.3. The molecule has 5 nitrogen and oxygen atoms in total. The number of methoxy groups -OCH3 is 1. The van der Waals surface area contributed by atoms with Crippen molar-refractivity contribution >= 4 is 16.8 Å². The third kappa shape index (κ3) is 2.77. The summed E-state index contributed by atoms with van der Waals surface area (Å²) in [5.41, 5.74) is 2.70. The second kappa shape index (κ2) is 5.81. The van der Waals surface area contributed by atoms with Crippen LogP contribution in [0.2, 0.25) is 0 Å². The Morgan fingerprint density at radius 2 is 2.04 bits per heavy atom. The first-order valence-electron chi connectivity index (χ1n) is 8.25. The average molecular weight is 311 g/mol. The van der Waals surface area contributed by atoms with Gasteiger partial charge in [-0.15, -0.1) is 0 Å². The van der Waals surface area contributed by atoms with E-state index in [2.05, 4.69) is 5.32 Å². The Morgan fingerprint density at radius 1 is 1.26 bits per heavy atom. The van der Waals surface area contributed by atoms with Crippen molar-refractivity contribution in [2.45, 2.75) is 18.8 Å². The van der Waals surface area contributed by atoms with E-state index in [-0.39, 0.29) is 5.91 Å². The van der Waals surface area contributed by atoms with Crippen molar-refractivity contribution in [2.24, 2.45) is 0 Å². The average Bonchev–Trinajstić information content (AvgIpc) is 3.45. The van der Waals surface area contributed by atoms with Gasteiger partial charge in [0.1, 0.15) is 5.75 Å². The highest BCUT2D eigenvalue weighted by atomic mass is 16.5. The van der Waals surface area contributed by atoms with Crippen LogP contribution in [0.5, 0.6) is 5.75 Å². The maximum atomic E-state index is 13.0. The van der Waals surface area contributed by atoms with E-state index in [1.807, 2.05) is 29.2 Å². The number of amides is 1. The van der Waals surface area contributed by atoms with Crippen molar-refractivity contribution in [1.82, 2.24) is 15.2 Å². The largest absolute Gasteiger partial charge is 0.497 e. The molecule has 2 aromatic rings. The van der Waals surface area contributed by atoms with Gasteiger partial charge in [-0.2, -0.15) is 0 Å². The number of benzene rings is 1. The molecular weight excluding hydrogens is 290 g/mol. The van der Waals surface area contributed by atoms with Crippen molar-refractivity contribution in [2.75, 3.05) is 33.3 Å². The summed E-state index contributed by atoms with van der Waals surface area (Å²) in [7, 11) is 1.64. The van der Waals surface area contributed by atoms with Crippen LogP contribution < -0.4 is 10.1 Å². The minimum atomic E-state index is 0.106. The topological polar surface area (TPSA) is 54.5 Å². The normalized spacial score (nSPS) is 18.2. The number of carbonyl (C=O) groups is 1. The highest BCUT2D eigenvalue weighted by Gasteiger charge is 2.28. The predicted octanol–water partition coefficient (Wildman–Crippen LogP) is 2.17. The molecule has 1 amide bonds. The standard InChI is InChI=1S/C18H21N3O2/c1-23-13-4-5-16-14(10-13)15(11-17(20-16)12-2-3-12)18(22)21-8-6-19-7-9-21/h4-5,10-12,19H,2-3,6-9H2,1H3. The lowest BCUT2D eigenvalue weighted by atomic mass is 10.0. The van der Waals surface area contributed by atoms with Crippen LogP contribution in [-0.2, 0) is 0 Å². The lowest BCUT2D eigenvalue weighted by Gasteiger charge is -2.28. The lowest BCUT2D eigenvalue weighted by Crippen LogP contribution is -2.46. The number of nitrogens with one attached hydrogen (secondary N) is 1. The van der Waals surface area contributed by atoms with Crippen LogP contribution in [0.25, 0.3) is 10.9 Å². The van der Waals surface area contributed by atoms with Crippen LogP contribution in [0.15, 0.2) is 24.3 Å². The van der Waals surface area contributed by atoms with E-state index < -0.39 is 0 Å². The minimum Gasteiger partial charge on any atom is -0.497 e. The Morgan fingerprint density at radius 3 is 2.74 bits per heavy atom. The van der Waals surface area contributed by atoms with Crippen LogP contribution >= 0.6 is 0 Å².